The van der Waals surface area contributed by atoms with E-state index in [4.69, 9.17) is 26.1 Å². The molecule has 0 spiro atoms. The van der Waals surface area contributed by atoms with Gasteiger partial charge in [-0.3, -0.25) is 9.87 Å². The fraction of sp³-hybridized carbons (Fsp3) is 0.231. The maximum Gasteiger partial charge on any atom is 0.366 e. The van der Waals surface area contributed by atoms with Gasteiger partial charge in [-0.05, 0) is 79.4 Å². The van der Waals surface area contributed by atoms with Crippen LogP contribution in [0.2, 0.25) is 5.02 Å². The lowest BCUT2D eigenvalue weighted by Crippen LogP contribution is -2.03. The number of nitrogens with zero attached hydrogens (tertiary/aromatic N) is 1. The zero-order valence-corrected chi connectivity index (χ0v) is 20.0. The van der Waals surface area contributed by atoms with E-state index in [1.807, 2.05) is 66.7 Å². The molecule has 0 unspecified atom stereocenters. The number of methoxy groups -OCH3 is 1. The number of aromatic nitrogens is 1. The fourth-order valence-corrected chi connectivity index (χ4v) is 3.85. The van der Waals surface area contributed by atoms with Gasteiger partial charge in [-0.25, -0.2) is 4.79 Å². The Morgan fingerprint density at radius 3 is 2.58 bits per heavy atom. The van der Waals surface area contributed by atoms with E-state index in [1.165, 1.54) is 11.6 Å². The second-order valence-electron chi connectivity index (χ2n) is 7.16. The lowest BCUT2D eigenvalue weighted by molar-refractivity contribution is -0.267. The Bertz CT molecular complexity index is 1040. The summed E-state index contributed by atoms with van der Waals surface area (Å²) in [4.78, 5) is 27.4. The largest absolute Gasteiger partial charge is 0.497 e. The van der Waals surface area contributed by atoms with Crippen LogP contribution in [-0.2, 0) is 26.7 Å². The Hall–Kier alpha value is -2.80. The number of pyridine rings is 1. The summed E-state index contributed by atoms with van der Waals surface area (Å²) < 4.78 is 5.15. The number of unbranched alkanes of at least 4 members (excludes halogenated alkanes) is 1. The number of hydrogen-bond donors (Lipinski definition) is 0. The SMILES string of the molecule is COc1ccc(CCCCOOC(=O)C=Cc2cccc(CSc3ccc(Cl)cc3)n2)cc1. The van der Waals surface area contributed by atoms with Crippen molar-refractivity contribution in [3.05, 3.63) is 94.8 Å². The smallest absolute Gasteiger partial charge is 0.366 e. The highest BCUT2D eigenvalue weighted by Gasteiger charge is 2.02. The van der Waals surface area contributed by atoms with Crippen LogP contribution in [0.25, 0.3) is 6.08 Å². The fourth-order valence-electron chi connectivity index (χ4n) is 2.92. The van der Waals surface area contributed by atoms with Gasteiger partial charge in [0.05, 0.1) is 25.1 Å². The van der Waals surface area contributed by atoms with Crippen molar-refractivity contribution in [2.75, 3.05) is 13.7 Å². The van der Waals surface area contributed by atoms with Crippen molar-refractivity contribution in [1.82, 2.24) is 4.98 Å². The molecule has 0 aliphatic carbocycles. The first kappa shape index (κ1) is 24.8. The van der Waals surface area contributed by atoms with E-state index >= 15 is 0 Å². The maximum absolute atomic E-state index is 11.9. The zero-order chi connectivity index (χ0) is 23.3. The first-order chi connectivity index (χ1) is 16.1. The molecule has 3 aromatic rings. The molecule has 0 aliphatic rings. The van der Waals surface area contributed by atoms with E-state index < -0.39 is 5.97 Å². The van der Waals surface area contributed by atoms with E-state index in [2.05, 4.69) is 4.98 Å². The number of aryl methyl sites for hydroxylation is 1. The van der Waals surface area contributed by atoms with Gasteiger partial charge in [0.15, 0.2) is 0 Å². The van der Waals surface area contributed by atoms with Gasteiger partial charge in [-0.2, -0.15) is 4.89 Å². The zero-order valence-electron chi connectivity index (χ0n) is 18.4. The molecule has 0 aliphatic heterocycles. The van der Waals surface area contributed by atoms with Gasteiger partial charge >= 0.3 is 5.97 Å². The summed E-state index contributed by atoms with van der Waals surface area (Å²) in [5, 5.41) is 0.717. The highest BCUT2D eigenvalue weighted by Crippen LogP contribution is 2.23. The third kappa shape index (κ3) is 9.30. The summed E-state index contributed by atoms with van der Waals surface area (Å²) in [6.07, 6.45) is 5.59. The molecule has 0 bridgehead atoms. The first-order valence-electron chi connectivity index (χ1n) is 10.6. The molecule has 5 nitrogen and oxygen atoms in total. The molecule has 0 saturated carbocycles. The van der Waals surface area contributed by atoms with Crippen LogP contribution in [0.4, 0.5) is 0 Å². The van der Waals surface area contributed by atoms with E-state index in [-0.39, 0.29) is 0 Å². The predicted octanol–water partition coefficient (Wildman–Crippen LogP) is 6.55. The number of hydrogen-bond acceptors (Lipinski definition) is 6. The van der Waals surface area contributed by atoms with Crippen LogP contribution in [-0.4, -0.2) is 24.7 Å². The molecular formula is C26H26ClNO4S. The average Bonchev–Trinajstić information content (AvgIpc) is 2.85. The van der Waals surface area contributed by atoms with Crippen molar-refractivity contribution >= 4 is 35.4 Å². The van der Waals surface area contributed by atoms with E-state index in [1.54, 1.807) is 24.9 Å². The number of carbonyl (C=O) groups is 1. The topological polar surface area (TPSA) is 57.7 Å². The predicted molar refractivity (Wildman–Crippen MR) is 132 cm³/mol. The van der Waals surface area contributed by atoms with Gasteiger partial charge < -0.3 is 4.74 Å². The molecule has 0 saturated heterocycles. The number of halogens is 1. The van der Waals surface area contributed by atoms with Gasteiger partial charge in [-0.15, -0.1) is 11.8 Å². The Morgan fingerprint density at radius 2 is 1.82 bits per heavy atom. The molecule has 0 radical (unpaired) electrons. The summed E-state index contributed by atoms with van der Waals surface area (Å²) >= 11 is 7.59. The molecule has 3 rings (SSSR count). The quantitative estimate of drug-likeness (QED) is 0.0957. The van der Waals surface area contributed by atoms with Crippen molar-refractivity contribution in [3.63, 3.8) is 0 Å². The molecule has 0 N–H and O–H groups in total. The van der Waals surface area contributed by atoms with Crippen LogP contribution >= 0.6 is 23.4 Å². The second-order valence-corrected chi connectivity index (χ2v) is 8.64. The lowest BCUT2D eigenvalue weighted by atomic mass is 10.1. The van der Waals surface area contributed by atoms with Gasteiger partial charge in [-0.1, -0.05) is 29.8 Å². The molecule has 2 aromatic carbocycles. The molecule has 0 amide bonds. The van der Waals surface area contributed by atoms with Gasteiger partial charge in [0, 0.05) is 21.7 Å². The summed E-state index contributed by atoms with van der Waals surface area (Å²) in [5.41, 5.74) is 2.83. The minimum Gasteiger partial charge on any atom is -0.497 e. The first-order valence-corrected chi connectivity index (χ1v) is 12.0. The van der Waals surface area contributed by atoms with Crippen molar-refractivity contribution in [2.45, 2.75) is 29.9 Å². The monoisotopic (exact) mass is 483 g/mol. The van der Waals surface area contributed by atoms with Crippen molar-refractivity contribution in [3.8, 4) is 5.75 Å². The molecule has 1 heterocycles. The number of rotatable bonds is 12. The third-order valence-corrected chi connectivity index (χ3v) is 5.96. The molecule has 1 aromatic heterocycles. The number of carbonyl (C=O) groups excluding carboxylic acids is 1. The Morgan fingerprint density at radius 1 is 1.03 bits per heavy atom. The Labute approximate surface area is 203 Å². The minimum atomic E-state index is -0.562. The molecule has 0 atom stereocenters. The molecule has 7 heteroatoms. The number of ether oxygens (including phenoxy) is 1. The third-order valence-electron chi connectivity index (χ3n) is 4.66. The van der Waals surface area contributed by atoms with Crippen molar-refractivity contribution in [2.24, 2.45) is 0 Å². The van der Waals surface area contributed by atoms with Crippen LogP contribution in [0.1, 0.15) is 29.8 Å². The van der Waals surface area contributed by atoms with Crippen LogP contribution in [0.3, 0.4) is 0 Å². The second kappa shape index (κ2) is 13.7. The summed E-state index contributed by atoms with van der Waals surface area (Å²) in [7, 11) is 1.65. The van der Waals surface area contributed by atoms with Crippen LogP contribution in [0, 0.1) is 0 Å². The van der Waals surface area contributed by atoms with Gasteiger partial charge in [0.1, 0.15) is 5.75 Å². The lowest BCUT2D eigenvalue weighted by Gasteiger charge is -2.04. The van der Waals surface area contributed by atoms with Crippen LogP contribution < -0.4 is 4.74 Å². The normalized spacial score (nSPS) is 11.0. The highest BCUT2D eigenvalue weighted by molar-refractivity contribution is 7.98. The minimum absolute atomic E-state index is 0.353. The van der Waals surface area contributed by atoms with Crippen molar-refractivity contribution < 1.29 is 19.3 Å². The average molecular weight is 484 g/mol. The molecule has 172 valence electrons. The Kier molecular flexibility index (Phi) is 10.3. The van der Waals surface area contributed by atoms with Gasteiger partial charge in [0.2, 0.25) is 0 Å². The van der Waals surface area contributed by atoms with E-state index in [9.17, 15) is 4.79 Å². The molecular weight excluding hydrogens is 458 g/mol. The molecule has 33 heavy (non-hydrogen) atoms. The van der Waals surface area contributed by atoms with Crippen LogP contribution in [0.15, 0.2) is 77.7 Å². The van der Waals surface area contributed by atoms with E-state index in [0.29, 0.717) is 23.1 Å². The van der Waals surface area contributed by atoms with Crippen molar-refractivity contribution in [1.29, 1.82) is 0 Å². The maximum atomic E-state index is 11.9. The summed E-state index contributed by atoms with van der Waals surface area (Å²) in [5.74, 6) is 1.00. The van der Waals surface area contributed by atoms with E-state index in [0.717, 1.165) is 35.6 Å². The Balaban J connectivity index is 1.33. The standard InChI is InChI=1S/C26H26ClNO4S/c1-30-24-13-8-20(9-14-24)5-2-3-18-31-32-26(29)17-12-22-6-4-7-23(28-22)19-33-25-15-10-21(27)11-16-25/h4,6-17H,2-3,5,18-19H2,1H3. The number of thioether (sulfide) groups is 1. The molecule has 0 fully saturated rings. The highest BCUT2D eigenvalue weighted by atomic mass is 35.5. The summed E-state index contributed by atoms with van der Waals surface area (Å²) in [6.45, 7) is 0.353. The number of benzene rings is 2. The van der Waals surface area contributed by atoms with Crippen LogP contribution in [0.5, 0.6) is 5.75 Å². The summed E-state index contributed by atoms with van der Waals surface area (Å²) in [6, 6.07) is 21.4. The van der Waals surface area contributed by atoms with Gasteiger partial charge in [0.25, 0.3) is 0 Å².